The summed E-state index contributed by atoms with van der Waals surface area (Å²) in [6.07, 6.45) is 5.05. The topological polar surface area (TPSA) is 24.9 Å². The molecule has 0 aliphatic carbocycles. The highest BCUT2D eigenvalue weighted by Crippen LogP contribution is 2.23. The Morgan fingerprint density at radius 1 is 1.22 bits per heavy atom. The van der Waals surface area contributed by atoms with Crippen LogP contribution in [0.2, 0.25) is 0 Å². The van der Waals surface area contributed by atoms with E-state index >= 15 is 0 Å². The van der Waals surface area contributed by atoms with Crippen LogP contribution in [0.5, 0.6) is 0 Å². The Labute approximate surface area is 112 Å². The van der Waals surface area contributed by atoms with Crippen molar-refractivity contribution >= 4 is 11.3 Å². The van der Waals surface area contributed by atoms with E-state index in [1.165, 1.54) is 36.4 Å². The van der Waals surface area contributed by atoms with E-state index in [-0.39, 0.29) is 0 Å². The number of hydrogen-bond acceptors (Lipinski definition) is 3. The number of hydrogen-bond donors (Lipinski definition) is 1. The first kappa shape index (κ1) is 11.9. The molecule has 18 heavy (non-hydrogen) atoms. The van der Waals surface area contributed by atoms with E-state index in [0.717, 1.165) is 12.1 Å². The second-order valence-electron chi connectivity index (χ2n) is 4.84. The van der Waals surface area contributed by atoms with E-state index < -0.39 is 0 Å². The first-order valence-corrected chi connectivity index (χ1v) is 7.53. The van der Waals surface area contributed by atoms with Crippen molar-refractivity contribution in [3.63, 3.8) is 0 Å². The molecule has 0 radical (unpaired) electrons. The first-order chi connectivity index (χ1) is 8.92. The molecule has 1 atom stereocenters. The maximum atomic E-state index is 4.75. The van der Waals surface area contributed by atoms with Gasteiger partial charge < -0.3 is 5.32 Å². The predicted octanol–water partition coefficient (Wildman–Crippen LogP) is 3.49. The fourth-order valence-corrected chi connectivity index (χ4v) is 3.34. The smallest absolute Gasteiger partial charge is 0.0948 e. The number of benzene rings is 1. The number of piperidine rings is 1. The third kappa shape index (κ3) is 2.79. The van der Waals surface area contributed by atoms with Crippen molar-refractivity contribution in [1.82, 2.24) is 10.3 Å². The van der Waals surface area contributed by atoms with Gasteiger partial charge in [0.2, 0.25) is 0 Å². The molecule has 1 fully saturated rings. The van der Waals surface area contributed by atoms with E-state index in [4.69, 9.17) is 4.98 Å². The maximum absolute atomic E-state index is 4.75. The third-order valence-electron chi connectivity index (χ3n) is 3.45. The van der Waals surface area contributed by atoms with Gasteiger partial charge in [-0.2, -0.15) is 0 Å². The Hall–Kier alpha value is -1.19. The second kappa shape index (κ2) is 5.63. The summed E-state index contributed by atoms with van der Waals surface area (Å²) < 4.78 is 0. The monoisotopic (exact) mass is 258 g/mol. The molecule has 1 aromatic carbocycles. The molecule has 1 aromatic heterocycles. The van der Waals surface area contributed by atoms with E-state index in [1.54, 1.807) is 11.3 Å². The zero-order chi connectivity index (χ0) is 12.2. The fourth-order valence-electron chi connectivity index (χ4n) is 2.46. The summed E-state index contributed by atoms with van der Waals surface area (Å²) in [7, 11) is 0. The highest BCUT2D eigenvalue weighted by molar-refractivity contribution is 7.09. The van der Waals surface area contributed by atoms with Crippen molar-refractivity contribution in [1.29, 1.82) is 0 Å². The van der Waals surface area contributed by atoms with Gasteiger partial charge in [-0.3, -0.25) is 0 Å². The van der Waals surface area contributed by atoms with Crippen molar-refractivity contribution in [2.24, 2.45) is 0 Å². The van der Waals surface area contributed by atoms with Gasteiger partial charge in [0.1, 0.15) is 0 Å². The lowest BCUT2D eigenvalue weighted by atomic mass is 10.0. The van der Waals surface area contributed by atoms with Crippen LogP contribution in [0.4, 0.5) is 0 Å². The van der Waals surface area contributed by atoms with E-state index in [9.17, 15) is 0 Å². The highest BCUT2D eigenvalue weighted by atomic mass is 32.1. The van der Waals surface area contributed by atoms with Crippen LogP contribution in [0.15, 0.2) is 35.7 Å². The van der Waals surface area contributed by atoms with Gasteiger partial charge in [-0.25, -0.2) is 4.98 Å². The minimum atomic E-state index is 0.633. The van der Waals surface area contributed by atoms with E-state index in [1.807, 2.05) is 6.07 Å². The molecule has 0 amide bonds. The van der Waals surface area contributed by atoms with Crippen LogP contribution in [0.1, 0.15) is 24.3 Å². The van der Waals surface area contributed by atoms with Crippen molar-refractivity contribution in [3.05, 3.63) is 40.7 Å². The zero-order valence-corrected chi connectivity index (χ0v) is 11.2. The van der Waals surface area contributed by atoms with Gasteiger partial charge in [-0.15, -0.1) is 11.3 Å². The van der Waals surface area contributed by atoms with Gasteiger partial charge in [0, 0.05) is 23.4 Å². The van der Waals surface area contributed by atoms with Crippen LogP contribution in [-0.2, 0) is 6.42 Å². The normalized spacial score (nSPS) is 19.9. The zero-order valence-electron chi connectivity index (χ0n) is 10.4. The molecule has 94 valence electrons. The lowest BCUT2D eigenvalue weighted by Crippen LogP contribution is -2.35. The van der Waals surface area contributed by atoms with Crippen LogP contribution in [0.25, 0.3) is 11.3 Å². The van der Waals surface area contributed by atoms with E-state index in [2.05, 4.69) is 35.0 Å². The molecule has 0 unspecified atom stereocenters. The quantitative estimate of drug-likeness (QED) is 0.911. The van der Waals surface area contributed by atoms with Crippen LogP contribution >= 0.6 is 11.3 Å². The fraction of sp³-hybridized carbons (Fsp3) is 0.400. The number of rotatable bonds is 3. The van der Waals surface area contributed by atoms with Crippen molar-refractivity contribution in [3.8, 4) is 11.3 Å². The average Bonchev–Trinajstić information content (AvgIpc) is 2.89. The largest absolute Gasteiger partial charge is 0.314 e. The first-order valence-electron chi connectivity index (χ1n) is 6.65. The summed E-state index contributed by atoms with van der Waals surface area (Å²) in [5, 5.41) is 7.02. The standard InChI is InChI=1S/C15H18N2S/c1-2-6-12(7-3-1)14-11-18-15(17-14)10-13-8-4-5-9-16-13/h1-3,6-7,11,13,16H,4-5,8-10H2/t13-/m0/s1. The number of nitrogens with one attached hydrogen (secondary N) is 1. The summed E-state index contributed by atoms with van der Waals surface area (Å²) in [6, 6.07) is 11.1. The molecule has 1 N–H and O–H groups in total. The van der Waals surface area contributed by atoms with Gasteiger partial charge >= 0.3 is 0 Å². The number of nitrogens with zero attached hydrogens (tertiary/aromatic N) is 1. The van der Waals surface area contributed by atoms with Crippen LogP contribution in [0.3, 0.4) is 0 Å². The van der Waals surface area contributed by atoms with Gasteiger partial charge in [0.15, 0.2) is 0 Å². The molecule has 0 saturated carbocycles. The molecule has 3 heteroatoms. The third-order valence-corrected chi connectivity index (χ3v) is 4.33. The summed E-state index contributed by atoms with van der Waals surface area (Å²) in [5.41, 5.74) is 2.34. The molecule has 0 spiro atoms. The molecular weight excluding hydrogens is 240 g/mol. The van der Waals surface area contributed by atoms with Crippen LogP contribution < -0.4 is 5.32 Å². The van der Waals surface area contributed by atoms with Gasteiger partial charge in [0.25, 0.3) is 0 Å². The maximum Gasteiger partial charge on any atom is 0.0948 e. The molecular formula is C15H18N2S. The molecule has 1 aliphatic rings. The van der Waals surface area contributed by atoms with Crippen LogP contribution in [-0.4, -0.2) is 17.6 Å². The summed E-state index contributed by atoms with van der Waals surface area (Å²) in [4.78, 5) is 4.75. The Morgan fingerprint density at radius 2 is 2.11 bits per heavy atom. The van der Waals surface area contributed by atoms with Crippen molar-refractivity contribution < 1.29 is 0 Å². The van der Waals surface area contributed by atoms with Crippen LogP contribution in [0, 0.1) is 0 Å². The highest BCUT2D eigenvalue weighted by Gasteiger charge is 2.15. The minimum absolute atomic E-state index is 0.633. The Morgan fingerprint density at radius 3 is 2.89 bits per heavy atom. The van der Waals surface area contributed by atoms with Gasteiger partial charge in [-0.05, 0) is 19.4 Å². The Bertz CT molecular complexity index is 486. The van der Waals surface area contributed by atoms with Gasteiger partial charge in [0.05, 0.1) is 10.7 Å². The molecule has 1 saturated heterocycles. The lowest BCUT2D eigenvalue weighted by Gasteiger charge is -2.22. The molecule has 3 rings (SSSR count). The SMILES string of the molecule is c1ccc(-c2csc(C[C@@H]3CCCCN3)n2)cc1. The lowest BCUT2D eigenvalue weighted by molar-refractivity contribution is 0.399. The molecule has 2 nitrogen and oxygen atoms in total. The van der Waals surface area contributed by atoms with Gasteiger partial charge in [-0.1, -0.05) is 36.8 Å². The summed E-state index contributed by atoms with van der Waals surface area (Å²) >= 11 is 1.79. The summed E-state index contributed by atoms with van der Waals surface area (Å²) in [5.74, 6) is 0. The van der Waals surface area contributed by atoms with Crippen molar-refractivity contribution in [2.75, 3.05) is 6.54 Å². The molecule has 0 bridgehead atoms. The molecule has 2 aromatic rings. The van der Waals surface area contributed by atoms with E-state index in [0.29, 0.717) is 6.04 Å². The molecule has 2 heterocycles. The second-order valence-corrected chi connectivity index (χ2v) is 5.79. The Kier molecular flexibility index (Phi) is 3.72. The number of thiazole rings is 1. The number of aromatic nitrogens is 1. The Balaban J connectivity index is 1.69. The average molecular weight is 258 g/mol. The summed E-state index contributed by atoms with van der Waals surface area (Å²) in [6.45, 7) is 1.17. The van der Waals surface area contributed by atoms with Crippen molar-refractivity contribution in [2.45, 2.75) is 31.7 Å². The minimum Gasteiger partial charge on any atom is -0.314 e. The predicted molar refractivity (Wildman–Crippen MR) is 76.9 cm³/mol. The molecule has 1 aliphatic heterocycles.